The molecule has 2 bridgehead atoms. The van der Waals surface area contributed by atoms with Crippen molar-refractivity contribution in [1.29, 1.82) is 0 Å². The van der Waals surface area contributed by atoms with Crippen LogP contribution in [-0.2, 0) is 4.74 Å². The van der Waals surface area contributed by atoms with E-state index in [0.717, 1.165) is 12.5 Å². The molecule has 2 fully saturated rings. The summed E-state index contributed by atoms with van der Waals surface area (Å²) < 4.78 is 5.20. The second-order valence-corrected chi connectivity index (χ2v) is 8.93. The average Bonchev–Trinajstić information content (AvgIpc) is 2.73. The molecule has 2 aliphatic rings. The topological polar surface area (TPSA) is 50.4 Å². The molecule has 2 rings (SSSR count). The highest BCUT2D eigenvalue weighted by Crippen LogP contribution is 2.65. The third-order valence-electron chi connectivity index (χ3n) is 6.21. The Morgan fingerprint density at radius 2 is 1.87 bits per heavy atom. The number of amides is 1. The van der Waals surface area contributed by atoms with Crippen molar-refractivity contribution in [2.24, 2.45) is 16.7 Å². The average molecular weight is 322 g/mol. The molecule has 2 saturated carbocycles. The molecule has 0 radical (unpaired) electrons. The molecular formula is C19H34N2O2. The molecule has 0 aliphatic heterocycles. The maximum Gasteiger partial charge on any atom is 0.407 e. The number of ether oxygens (including phenoxy) is 1. The van der Waals surface area contributed by atoms with E-state index in [9.17, 15) is 4.79 Å². The van der Waals surface area contributed by atoms with Gasteiger partial charge < -0.3 is 15.4 Å². The van der Waals surface area contributed by atoms with Crippen LogP contribution in [0.15, 0.2) is 12.2 Å². The second-order valence-electron chi connectivity index (χ2n) is 8.93. The summed E-state index contributed by atoms with van der Waals surface area (Å²) in [6, 6.07) is 0.611. The predicted octanol–water partition coefficient (Wildman–Crippen LogP) is 3.87. The Hall–Kier alpha value is -1.03. The largest absolute Gasteiger partial charge is 0.444 e. The van der Waals surface area contributed by atoms with E-state index in [0.29, 0.717) is 23.4 Å². The molecular weight excluding hydrogens is 288 g/mol. The van der Waals surface area contributed by atoms with Crippen LogP contribution in [-0.4, -0.2) is 30.8 Å². The molecule has 4 heteroatoms. The number of rotatable bonds is 5. The lowest BCUT2D eigenvalue weighted by atomic mass is 9.69. The number of carbonyl (C=O) groups is 1. The van der Waals surface area contributed by atoms with Gasteiger partial charge in [-0.25, -0.2) is 4.79 Å². The van der Waals surface area contributed by atoms with Gasteiger partial charge in [0.2, 0.25) is 0 Å². The zero-order chi connectivity index (χ0) is 17.3. The monoisotopic (exact) mass is 322 g/mol. The smallest absolute Gasteiger partial charge is 0.407 e. The van der Waals surface area contributed by atoms with Crippen molar-refractivity contribution in [2.45, 2.75) is 72.4 Å². The van der Waals surface area contributed by atoms with E-state index in [1.54, 1.807) is 0 Å². The van der Waals surface area contributed by atoms with Gasteiger partial charge in [0, 0.05) is 19.1 Å². The number of hydrogen-bond donors (Lipinski definition) is 2. The Balaban J connectivity index is 1.68. The summed E-state index contributed by atoms with van der Waals surface area (Å²) in [6.45, 7) is 14.3. The van der Waals surface area contributed by atoms with E-state index in [1.165, 1.54) is 19.3 Å². The minimum atomic E-state index is -0.445. The van der Waals surface area contributed by atoms with Crippen LogP contribution < -0.4 is 10.6 Å². The first-order valence-electron chi connectivity index (χ1n) is 8.91. The van der Waals surface area contributed by atoms with Crippen molar-refractivity contribution in [3.8, 4) is 0 Å². The third kappa shape index (κ3) is 3.90. The number of nitrogens with one attached hydrogen (secondary N) is 2. The summed E-state index contributed by atoms with van der Waals surface area (Å²) in [5.74, 6) is 0.864. The van der Waals surface area contributed by atoms with Crippen LogP contribution in [0.1, 0.15) is 60.8 Å². The number of alkyl carbamates (subject to hydrolysis) is 1. The van der Waals surface area contributed by atoms with E-state index in [1.807, 2.05) is 26.8 Å². The Kier molecular flexibility index (Phi) is 5.15. The molecule has 0 saturated heterocycles. The van der Waals surface area contributed by atoms with Crippen molar-refractivity contribution in [1.82, 2.24) is 10.6 Å². The lowest BCUT2D eigenvalue weighted by Gasteiger charge is -2.39. The standard InChI is InChI=1S/C19H34N2O2/c1-17(2,3)23-16(22)21-12-8-7-11-20-15-13-14-9-10-19(15,6)18(14,4)5/h7-8,14-15,20H,9-13H2,1-6H3,(H,21,22)/b8-7+. The van der Waals surface area contributed by atoms with Gasteiger partial charge in [-0.15, -0.1) is 0 Å². The maximum absolute atomic E-state index is 11.5. The van der Waals surface area contributed by atoms with Gasteiger partial charge in [0.1, 0.15) is 5.60 Å². The van der Waals surface area contributed by atoms with Gasteiger partial charge in [0.05, 0.1) is 0 Å². The van der Waals surface area contributed by atoms with Crippen LogP contribution >= 0.6 is 0 Å². The molecule has 23 heavy (non-hydrogen) atoms. The van der Waals surface area contributed by atoms with E-state index < -0.39 is 5.60 Å². The molecule has 0 aromatic heterocycles. The zero-order valence-corrected chi connectivity index (χ0v) is 15.7. The highest BCUT2D eigenvalue weighted by Gasteiger charge is 2.60. The van der Waals surface area contributed by atoms with Crippen molar-refractivity contribution in [3.05, 3.63) is 12.2 Å². The van der Waals surface area contributed by atoms with Gasteiger partial charge >= 0.3 is 6.09 Å². The van der Waals surface area contributed by atoms with Crippen LogP contribution in [0.5, 0.6) is 0 Å². The molecule has 2 aliphatic carbocycles. The number of fused-ring (bicyclic) bond motifs is 2. The minimum absolute atomic E-state index is 0.363. The molecule has 2 N–H and O–H groups in total. The van der Waals surface area contributed by atoms with Crippen LogP contribution in [0, 0.1) is 16.7 Å². The molecule has 3 unspecified atom stereocenters. The lowest BCUT2D eigenvalue weighted by molar-refractivity contribution is 0.0534. The van der Waals surface area contributed by atoms with E-state index >= 15 is 0 Å². The molecule has 0 aromatic carbocycles. The summed E-state index contributed by atoms with van der Waals surface area (Å²) in [5, 5.41) is 6.44. The second kappa shape index (κ2) is 6.46. The molecule has 0 heterocycles. The van der Waals surface area contributed by atoms with Gasteiger partial charge in [0.15, 0.2) is 0 Å². The van der Waals surface area contributed by atoms with Crippen LogP contribution in [0.25, 0.3) is 0 Å². The fourth-order valence-corrected chi connectivity index (χ4v) is 4.35. The Morgan fingerprint density at radius 1 is 1.22 bits per heavy atom. The molecule has 0 spiro atoms. The molecule has 0 aromatic rings. The summed E-state index contributed by atoms with van der Waals surface area (Å²) >= 11 is 0. The van der Waals surface area contributed by atoms with Crippen molar-refractivity contribution >= 4 is 6.09 Å². The Bertz CT molecular complexity index is 464. The SMILES string of the molecule is CC(C)(C)OC(=O)NC/C=C/CNC1CC2CCC1(C)C2(C)C. The van der Waals surface area contributed by atoms with Crippen LogP contribution in [0.3, 0.4) is 0 Å². The highest BCUT2D eigenvalue weighted by molar-refractivity contribution is 5.67. The van der Waals surface area contributed by atoms with Gasteiger partial charge in [-0.2, -0.15) is 0 Å². The summed E-state index contributed by atoms with van der Waals surface area (Å²) in [6.07, 6.45) is 7.74. The molecule has 4 nitrogen and oxygen atoms in total. The van der Waals surface area contributed by atoms with Crippen LogP contribution in [0.4, 0.5) is 4.79 Å². The normalized spacial score (nSPS) is 32.4. The summed E-state index contributed by atoms with van der Waals surface area (Å²) in [7, 11) is 0. The Morgan fingerprint density at radius 3 is 2.39 bits per heavy atom. The first-order valence-corrected chi connectivity index (χ1v) is 8.91. The van der Waals surface area contributed by atoms with Crippen molar-refractivity contribution < 1.29 is 9.53 Å². The highest BCUT2D eigenvalue weighted by atomic mass is 16.6. The quantitative estimate of drug-likeness (QED) is 0.755. The van der Waals surface area contributed by atoms with Gasteiger partial charge in [0.25, 0.3) is 0 Å². The Labute approximate surface area is 141 Å². The van der Waals surface area contributed by atoms with Gasteiger partial charge in [-0.05, 0) is 56.8 Å². The van der Waals surface area contributed by atoms with E-state index in [4.69, 9.17) is 4.74 Å². The van der Waals surface area contributed by atoms with E-state index in [-0.39, 0.29) is 6.09 Å². The molecule has 132 valence electrons. The first-order chi connectivity index (χ1) is 10.6. The van der Waals surface area contributed by atoms with Gasteiger partial charge in [-0.1, -0.05) is 32.9 Å². The fraction of sp³-hybridized carbons (Fsp3) is 0.842. The lowest BCUT2D eigenvalue weighted by Crippen LogP contribution is -2.44. The molecule has 1 amide bonds. The maximum atomic E-state index is 11.5. The van der Waals surface area contributed by atoms with Crippen molar-refractivity contribution in [3.63, 3.8) is 0 Å². The number of hydrogen-bond acceptors (Lipinski definition) is 3. The zero-order valence-electron chi connectivity index (χ0n) is 15.7. The first kappa shape index (κ1) is 18.3. The fourth-order valence-electron chi connectivity index (χ4n) is 4.35. The van der Waals surface area contributed by atoms with Crippen molar-refractivity contribution in [2.75, 3.05) is 13.1 Å². The van der Waals surface area contributed by atoms with Crippen LogP contribution in [0.2, 0.25) is 0 Å². The third-order valence-corrected chi connectivity index (χ3v) is 6.21. The summed E-state index contributed by atoms with van der Waals surface area (Å²) in [5.41, 5.74) is 0.423. The molecule has 3 atom stereocenters. The summed E-state index contributed by atoms with van der Waals surface area (Å²) in [4.78, 5) is 11.5. The minimum Gasteiger partial charge on any atom is -0.444 e. The predicted molar refractivity (Wildman–Crippen MR) is 94.4 cm³/mol. The van der Waals surface area contributed by atoms with E-state index in [2.05, 4.69) is 37.5 Å². The number of carbonyl (C=O) groups excluding carboxylic acids is 1. The van der Waals surface area contributed by atoms with Gasteiger partial charge in [-0.3, -0.25) is 0 Å².